The van der Waals surface area contributed by atoms with Gasteiger partial charge in [-0.3, -0.25) is 4.79 Å². The second kappa shape index (κ2) is 8.93. The van der Waals surface area contributed by atoms with Gasteiger partial charge in [0, 0.05) is 24.3 Å². The number of anilines is 1. The van der Waals surface area contributed by atoms with Gasteiger partial charge in [-0.2, -0.15) is 0 Å². The average molecular weight is 311 g/mol. The molecule has 0 heterocycles. The second-order valence-corrected chi connectivity index (χ2v) is 5.88. The minimum absolute atomic E-state index is 0. The topological polar surface area (TPSA) is 46.3 Å². The minimum atomic E-state index is 0. The van der Waals surface area contributed by atoms with E-state index < -0.39 is 0 Å². The summed E-state index contributed by atoms with van der Waals surface area (Å²) in [6, 6.07) is 7.32. The molecule has 2 N–H and O–H groups in total. The van der Waals surface area contributed by atoms with Gasteiger partial charge >= 0.3 is 0 Å². The van der Waals surface area contributed by atoms with E-state index in [2.05, 4.69) is 6.92 Å². The Balaban J connectivity index is 0.00000220. The maximum absolute atomic E-state index is 12.6. The van der Waals surface area contributed by atoms with Gasteiger partial charge in [-0.25, -0.2) is 0 Å². The van der Waals surface area contributed by atoms with E-state index in [1.807, 2.05) is 23.1 Å². The predicted octanol–water partition coefficient (Wildman–Crippen LogP) is 4.12. The van der Waals surface area contributed by atoms with Crippen molar-refractivity contribution in [3.63, 3.8) is 0 Å². The van der Waals surface area contributed by atoms with Crippen LogP contribution in [0.15, 0.2) is 24.3 Å². The van der Waals surface area contributed by atoms with Crippen LogP contribution in [-0.2, 0) is 0 Å². The third-order valence-electron chi connectivity index (χ3n) is 4.12. The van der Waals surface area contributed by atoms with Crippen LogP contribution in [-0.4, -0.2) is 23.9 Å². The van der Waals surface area contributed by atoms with Gasteiger partial charge in [0.1, 0.15) is 0 Å². The molecule has 2 rings (SSSR count). The zero-order valence-corrected chi connectivity index (χ0v) is 13.7. The number of nitrogens with zero attached hydrogens (tertiary/aromatic N) is 1. The SMILES string of the molecule is CCCN(CC1CCCCC1)C(=O)c1cccc(N)c1.Cl. The van der Waals surface area contributed by atoms with Crippen LogP contribution in [0, 0.1) is 5.92 Å². The van der Waals surface area contributed by atoms with Gasteiger partial charge in [-0.15, -0.1) is 12.4 Å². The van der Waals surface area contributed by atoms with E-state index in [9.17, 15) is 4.79 Å². The van der Waals surface area contributed by atoms with Crippen molar-refractivity contribution in [1.82, 2.24) is 4.90 Å². The van der Waals surface area contributed by atoms with E-state index in [4.69, 9.17) is 5.73 Å². The van der Waals surface area contributed by atoms with E-state index in [-0.39, 0.29) is 18.3 Å². The molecule has 0 bridgehead atoms. The summed E-state index contributed by atoms with van der Waals surface area (Å²) < 4.78 is 0. The molecule has 1 saturated carbocycles. The highest BCUT2D eigenvalue weighted by atomic mass is 35.5. The summed E-state index contributed by atoms with van der Waals surface area (Å²) in [5.74, 6) is 0.810. The van der Waals surface area contributed by atoms with Crippen molar-refractivity contribution in [2.45, 2.75) is 45.4 Å². The lowest BCUT2D eigenvalue weighted by Crippen LogP contribution is -2.36. The van der Waals surface area contributed by atoms with Gasteiger partial charge in [-0.05, 0) is 43.4 Å². The zero-order chi connectivity index (χ0) is 14.4. The van der Waals surface area contributed by atoms with Crippen molar-refractivity contribution in [1.29, 1.82) is 0 Å². The maximum Gasteiger partial charge on any atom is 0.253 e. The molecule has 0 atom stereocenters. The summed E-state index contributed by atoms with van der Waals surface area (Å²) in [5, 5.41) is 0. The molecule has 1 aliphatic carbocycles. The normalized spacial score (nSPS) is 15.3. The Kier molecular flexibility index (Phi) is 7.58. The zero-order valence-electron chi connectivity index (χ0n) is 12.9. The van der Waals surface area contributed by atoms with Crippen molar-refractivity contribution in [2.75, 3.05) is 18.8 Å². The highest BCUT2D eigenvalue weighted by Crippen LogP contribution is 2.25. The van der Waals surface area contributed by atoms with E-state index in [0.717, 1.165) is 19.5 Å². The summed E-state index contributed by atoms with van der Waals surface area (Å²) in [7, 11) is 0. The monoisotopic (exact) mass is 310 g/mol. The van der Waals surface area contributed by atoms with Gasteiger partial charge in [0.25, 0.3) is 5.91 Å². The molecule has 0 spiro atoms. The Hall–Kier alpha value is -1.22. The van der Waals surface area contributed by atoms with E-state index in [1.54, 1.807) is 6.07 Å². The second-order valence-electron chi connectivity index (χ2n) is 5.88. The fraction of sp³-hybridized carbons (Fsp3) is 0.588. The third kappa shape index (κ3) is 5.24. The van der Waals surface area contributed by atoms with Crippen LogP contribution in [0.25, 0.3) is 0 Å². The first-order valence-electron chi connectivity index (χ1n) is 7.85. The van der Waals surface area contributed by atoms with Crippen LogP contribution in [0.2, 0.25) is 0 Å². The number of nitrogens with two attached hydrogens (primary N) is 1. The van der Waals surface area contributed by atoms with Gasteiger partial charge in [0.05, 0.1) is 0 Å². The minimum Gasteiger partial charge on any atom is -0.399 e. The molecule has 0 radical (unpaired) electrons. The highest BCUT2D eigenvalue weighted by Gasteiger charge is 2.21. The molecule has 1 fully saturated rings. The summed E-state index contributed by atoms with van der Waals surface area (Å²) in [6.45, 7) is 3.87. The first kappa shape index (κ1) is 17.8. The fourth-order valence-electron chi connectivity index (χ4n) is 3.08. The standard InChI is InChI=1S/C17H26N2O.ClH/c1-2-11-19(13-14-7-4-3-5-8-14)17(20)15-9-6-10-16(18)12-15;/h6,9-10,12,14H,2-5,7-8,11,13,18H2,1H3;1H. The average Bonchev–Trinajstić information content (AvgIpc) is 2.47. The van der Waals surface area contributed by atoms with Crippen molar-refractivity contribution < 1.29 is 4.79 Å². The van der Waals surface area contributed by atoms with Crippen molar-refractivity contribution >= 4 is 24.0 Å². The third-order valence-corrected chi connectivity index (χ3v) is 4.12. The van der Waals surface area contributed by atoms with Crippen molar-refractivity contribution in [2.24, 2.45) is 5.92 Å². The van der Waals surface area contributed by atoms with Crippen molar-refractivity contribution in [3.05, 3.63) is 29.8 Å². The molecule has 4 heteroatoms. The van der Waals surface area contributed by atoms with Gasteiger partial charge in [-0.1, -0.05) is 32.3 Å². The number of hydrogen-bond acceptors (Lipinski definition) is 2. The van der Waals surface area contributed by atoms with E-state index >= 15 is 0 Å². The lowest BCUT2D eigenvalue weighted by molar-refractivity contribution is 0.0714. The number of nitrogen functional groups attached to an aromatic ring is 1. The molecule has 3 nitrogen and oxygen atoms in total. The van der Waals surface area contributed by atoms with Gasteiger partial charge in [0.2, 0.25) is 0 Å². The molecule has 21 heavy (non-hydrogen) atoms. The van der Waals surface area contributed by atoms with Crippen LogP contribution in [0.4, 0.5) is 5.69 Å². The maximum atomic E-state index is 12.6. The van der Waals surface area contributed by atoms with Crippen LogP contribution >= 0.6 is 12.4 Å². The Morgan fingerprint density at radius 1 is 1.29 bits per heavy atom. The molecular weight excluding hydrogens is 284 g/mol. The summed E-state index contributed by atoms with van der Waals surface area (Å²) in [6.07, 6.45) is 7.53. The molecule has 0 aromatic heterocycles. The number of hydrogen-bond donors (Lipinski definition) is 1. The summed E-state index contributed by atoms with van der Waals surface area (Å²) in [4.78, 5) is 14.6. The molecule has 0 aliphatic heterocycles. The largest absolute Gasteiger partial charge is 0.399 e. The summed E-state index contributed by atoms with van der Waals surface area (Å²) in [5.41, 5.74) is 7.16. The molecule has 1 aromatic carbocycles. The first-order valence-corrected chi connectivity index (χ1v) is 7.85. The fourth-order valence-corrected chi connectivity index (χ4v) is 3.08. The molecule has 0 saturated heterocycles. The number of benzene rings is 1. The Morgan fingerprint density at radius 3 is 2.62 bits per heavy atom. The Morgan fingerprint density at radius 2 is 2.00 bits per heavy atom. The molecule has 1 aromatic rings. The van der Waals surface area contributed by atoms with Crippen molar-refractivity contribution in [3.8, 4) is 0 Å². The smallest absolute Gasteiger partial charge is 0.253 e. The lowest BCUT2D eigenvalue weighted by atomic mass is 9.89. The first-order chi connectivity index (χ1) is 9.70. The number of amides is 1. The van der Waals surface area contributed by atoms with Gasteiger partial charge < -0.3 is 10.6 Å². The molecular formula is C17H27ClN2O. The van der Waals surface area contributed by atoms with Gasteiger partial charge in [0.15, 0.2) is 0 Å². The lowest BCUT2D eigenvalue weighted by Gasteiger charge is -2.29. The van der Waals surface area contributed by atoms with Crippen LogP contribution in [0.5, 0.6) is 0 Å². The molecule has 1 aliphatic rings. The number of carbonyl (C=O) groups excluding carboxylic acids is 1. The number of carbonyl (C=O) groups is 1. The highest BCUT2D eigenvalue weighted by molar-refractivity contribution is 5.95. The Labute approximate surface area is 134 Å². The number of rotatable bonds is 5. The molecule has 0 unspecified atom stereocenters. The van der Waals surface area contributed by atoms with Crippen LogP contribution < -0.4 is 5.73 Å². The van der Waals surface area contributed by atoms with Crippen LogP contribution in [0.3, 0.4) is 0 Å². The Bertz CT molecular complexity index is 444. The van der Waals surface area contributed by atoms with Crippen LogP contribution in [0.1, 0.15) is 55.8 Å². The molecule has 118 valence electrons. The van der Waals surface area contributed by atoms with E-state index in [1.165, 1.54) is 32.1 Å². The van der Waals surface area contributed by atoms with E-state index in [0.29, 0.717) is 17.2 Å². The summed E-state index contributed by atoms with van der Waals surface area (Å²) >= 11 is 0. The quantitative estimate of drug-likeness (QED) is 0.831. The number of halogens is 1. The predicted molar refractivity (Wildman–Crippen MR) is 90.9 cm³/mol. The molecule has 1 amide bonds.